The maximum Gasteiger partial charge on any atom is 0.272 e. The summed E-state index contributed by atoms with van der Waals surface area (Å²) in [5.41, 5.74) is 3.51. The molecule has 4 aromatic rings. The van der Waals surface area contributed by atoms with E-state index in [4.69, 9.17) is 11.6 Å². The number of hydrogen-bond donors (Lipinski definition) is 1. The Kier molecular flexibility index (Phi) is 5.65. The molecule has 1 N–H and O–H groups in total. The molecular formula is C22H21ClN4OS. The van der Waals surface area contributed by atoms with Crippen molar-refractivity contribution in [3.05, 3.63) is 80.4 Å². The van der Waals surface area contributed by atoms with E-state index in [-0.39, 0.29) is 5.91 Å². The highest BCUT2D eigenvalue weighted by atomic mass is 35.5. The van der Waals surface area contributed by atoms with E-state index in [1.165, 1.54) is 4.88 Å². The van der Waals surface area contributed by atoms with Crippen molar-refractivity contribution in [2.75, 3.05) is 6.54 Å². The fourth-order valence-electron chi connectivity index (χ4n) is 3.19. The molecule has 2 heterocycles. The van der Waals surface area contributed by atoms with Crippen molar-refractivity contribution in [1.29, 1.82) is 0 Å². The van der Waals surface area contributed by atoms with Gasteiger partial charge in [-0.3, -0.25) is 9.48 Å². The lowest BCUT2D eigenvalue weighted by Crippen LogP contribution is -2.26. The van der Waals surface area contributed by atoms with Gasteiger partial charge in [0, 0.05) is 28.3 Å². The third-order valence-electron chi connectivity index (χ3n) is 4.82. The lowest BCUT2D eigenvalue weighted by Gasteiger charge is -2.04. The molecule has 0 aliphatic carbocycles. The second-order valence-electron chi connectivity index (χ2n) is 6.90. The van der Waals surface area contributed by atoms with Gasteiger partial charge in [0.05, 0.1) is 22.8 Å². The van der Waals surface area contributed by atoms with Crippen LogP contribution < -0.4 is 5.32 Å². The molecule has 29 heavy (non-hydrogen) atoms. The van der Waals surface area contributed by atoms with Gasteiger partial charge in [-0.25, -0.2) is 4.98 Å². The number of thiazole rings is 1. The molecule has 0 bridgehead atoms. The van der Waals surface area contributed by atoms with Gasteiger partial charge in [0.25, 0.3) is 5.91 Å². The number of halogens is 1. The van der Waals surface area contributed by atoms with Gasteiger partial charge in [-0.1, -0.05) is 41.9 Å². The van der Waals surface area contributed by atoms with Crippen molar-refractivity contribution in [3.63, 3.8) is 0 Å². The minimum atomic E-state index is -0.166. The summed E-state index contributed by atoms with van der Waals surface area (Å²) in [6.07, 6.45) is 0.717. The van der Waals surface area contributed by atoms with Gasteiger partial charge < -0.3 is 5.32 Å². The highest BCUT2D eigenvalue weighted by Gasteiger charge is 2.17. The first kappa shape index (κ1) is 19.6. The lowest BCUT2D eigenvalue weighted by atomic mass is 10.2. The number of nitrogens with zero attached hydrogens (tertiary/aromatic N) is 3. The normalized spacial score (nSPS) is 11.1. The molecule has 0 aliphatic rings. The number of para-hydroxylation sites is 1. The Morgan fingerprint density at radius 3 is 2.62 bits per heavy atom. The first-order valence-corrected chi connectivity index (χ1v) is 10.6. The Bertz CT molecular complexity index is 1140. The SMILES string of the molecule is Cc1nc(CCNC(=O)c2nn(Cc3ccc(Cl)cc3)c3ccccc23)sc1C. The van der Waals surface area contributed by atoms with Gasteiger partial charge in [0.1, 0.15) is 0 Å². The van der Waals surface area contributed by atoms with Crippen molar-refractivity contribution in [2.45, 2.75) is 26.8 Å². The quantitative estimate of drug-likeness (QED) is 0.484. The minimum Gasteiger partial charge on any atom is -0.350 e. The number of aromatic nitrogens is 3. The molecule has 4 rings (SSSR count). The van der Waals surface area contributed by atoms with Crippen molar-refractivity contribution in [1.82, 2.24) is 20.1 Å². The van der Waals surface area contributed by atoms with E-state index < -0.39 is 0 Å². The molecule has 1 amide bonds. The second-order valence-corrected chi connectivity index (χ2v) is 8.63. The molecule has 2 aromatic carbocycles. The second kappa shape index (κ2) is 8.35. The van der Waals surface area contributed by atoms with E-state index in [0.29, 0.717) is 30.2 Å². The lowest BCUT2D eigenvalue weighted by molar-refractivity contribution is 0.0950. The third kappa shape index (κ3) is 4.33. The first-order chi connectivity index (χ1) is 14.0. The summed E-state index contributed by atoms with van der Waals surface area (Å²) in [5.74, 6) is -0.166. The Morgan fingerprint density at radius 2 is 1.90 bits per heavy atom. The van der Waals surface area contributed by atoms with Crippen LogP contribution in [-0.4, -0.2) is 27.2 Å². The summed E-state index contributed by atoms with van der Waals surface area (Å²) in [4.78, 5) is 18.6. The summed E-state index contributed by atoms with van der Waals surface area (Å²) in [6.45, 7) is 5.17. The van der Waals surface area contributed by atoms with E-state index in [2.05, 4.69) is 22.3 Å². The molecule has 0 unspecified atom stereocenters. The molecule has 0 atom stereocenters. The van der Waals surface area contributed by atoms with E-state index >= 15 is 0 Å². The smallest absolute Gasteiger partial charge is 0.272 e. The summed E-state index contributed by atoms with van der Waals surface area (Å²) in [6, 6.07) is 15.5. The standard InChI is InChI=1S/C22H21ClN4OS/c1-14-15(2)29-20(25-14)11-12-24-22(28)21-18-5-3-4-6-19(18)27(26-21)13-16-7-9-17(23)10-8-16/h3-10H,11-13H2,1-2H3,(H,24,28). The van der Waals surface area contributed by atoms with Crippen LogP contribution in [0.5, 0.6) is 0 Å². The predicted octanol–water partition coefficient (Wildman–Crippen LogP) is 4.78. The zero-order chi connectivity index (χ0) is 20.4. The van der Waals surface area contributed by atoms with Crippen LogP contribution in [0.4, 0.5) is 0 Å². The summed E-state index contributed by atoms with van der Waals surface area (Å²) in [5, 5.41) is 10.2. The number of amides is 1. The van der Waals surface area contributed by atoms with Crippen molar-refractivity contribution in [3.8, 4) is 0 Å². The van der Waals surface area contributed by atoms with Crippen molar-refractivity contribution >= 4 is 39.7 Å². The molecule has 148 valence electrons. The zero-order valence-corrected chi connectivity index (χ0v) is 17.8. The predicted molar refractivity (Wildman–Crippen MR) is 118 cm³/mol. The van der Waals surface area contributed by atoms with Crippen LogP contribution in [0.3, 0.4) is 0 Å². The van der Waals surface area contributed by atoms with Crippen LogP contribution in [0.25, 0.3) is 10.9 Å². The van der Waals surface area contributed by atoms with Crippen LogP contribution in [-0.2, 0) is 13.0 Å². The Morgan fingerprint density at radius 1 is 1.14 bits per heavy atom. The zero-order valence-electron chi connectivity index (χ0n) is 16.3. The summed E-state index contributed by atoms with van der Waals surface area (Å²) >= 11 is 7.66. The first-order valence-electron chi connectivity index (χ1n) is 9.42. The number of hydrogen-bond acceptors (Lipinski definition) is 4. The molecular weight excluding hydrogens is 404 g/mol. The summed E-state index contributed by atoms with van der Waals surface area (Å²) in [7, 11) is 0. The van der Waals surface area contributed by atoms with Gasteiger partial charge in [-0.2, -0.15) is 5.10 Å². The average Bonchev–Trinajstić information content (AvgIpc) is 3.23. The maximum atomic E-state index is 12.8. The van der Waals surface area contributed by atoms with E-state index in [1.807, 2.05) is 60.1 Å². The van der Waals surface area contributed by atoms with E-state index in [0.717, 1.165) is 27.2 Å². The molecule has 0 fully saturated rings. The Hall–Kier alpha value is -2.70. The van der Waals surface area contributed by atoms with Crippen LogP contribution >= 0.6 is 22.9 Å². The molecule has 0 saturated carbocycles. The maximum absolute atomic E-state index is 12.8. The fourth-order valence-corrected chi connectivity index (χ4v) is 4.25. The monoisotopic (exact) mass is 424 g/mol. The highest BCUT2D eigenvalue weighted by molar-refractivity contribution is 7.11. The molecule has 0 aliphatic heterocycles. The van der Waals surface area contributed by atoms with Gasteiger partial charge in [0.2, 0.25) is 0 Å². The third-order valence-corrected chi connectivity index (χ3v) is 6.20. The van der Waals surface area contributed by atoms with Crippen LogP contribution in [0.15, 0.2) is 48.5 Å². The molecule has 5 nitrogen and oxygen atoms in total. The Labute approximate surface area is 178 Å². The van der Waals surface area contributed by atoms with Gasteiger partial charge >= 0.3 is 0 Å². The number of carbonyl (C=O) groups excluding carboxylic acids is 1. The average molecular weight is 425 g/mol. The van der Waals surface area contributed by atoms with Gasteiger partial charge in [-0.05, 0) is 37.6 Å². The van der Waals surface area contributed by atoms with E-state index in [9.17, 15) is 4.79 Å². The highest BCUT2D eigenvalue weighted by Crippen LogP contribution is 2.21. The Balaban J connectivity index is 1.52. The largest absolute Gasteiger partial charge is 0.350 e. The topological polar surface area (TPSA) is 59.8 Å². The van der Waals surface area contributed by atoms with Crippen LogP contribution in [0.1, 0.15) is 31.6 Å². The molecule has 0 saturated heterocycles. The number of nitrogens with one attached hydrogen (secondary N) is 1. The molecule has 7 heteroatoms. The van der Waals surface area contributed by atoms with Crippen molar-refractivity contribution in [2.24, 2.45) is 0 Å². The van der Waals surface area contributed by atoms with Crippen LogP contribution in [0, 0.1) is 13.8 Å². The van der Waals surface area contributed by atoms with Gasteiger partial charge in [-0.15, -0.1) is 11.3 Å². The minimum absolute atomic E-state index is 0.166. The number of fused-ring (bicyclic) bond motifs is 1. The number of benzene rings is 2. The van der Waals surface area contributed by atoms with E-state index in [1.54, 1.807) is 11.3 Å². The van der Waals surface area contributed by atoms with Crippen LogP contribution in [0.2, 0.25) is 5.02 Å². The number of aryl methyl sites for hydroxylation is 2. The molecule has 2 aromatic heterocycles. The van der Waals surface area contributed by atoms with Crippen molar-refractivity contribution < 1.29 is 4.79 Å². The summed E-state index contributed by atoms with van der Waals surface area (Å²) < 4.78 is 1.86. The molecule has 0 spiro atoms. The fraction of sp³-hybridized carbons (Fsp3) is 0.227. The number of carbonyl (C=O) groups is 1. The van der Waals surface area contributed by atoms with Gasteiger partial charge in [0.15, 0.2) is 5.69 Å². The molecule has 0 radical (unpaired) electrons. The number of rotatable bonds is 6.